The zero-order chi connectivity index (χ0) is 11.4. The second kappa shape index (κ2) is 5.66. The van der Waals surface area contributed by atoms with Gasteiger partial charge in [0.05, 0.1) is 18.3 Å². The van der Waals surface area contributed by atoms with Crippen molar-refractivity contribution in [1.29, 1.82) is 0 Å². The van der Waals surface area contributed by atoms with Crippen LogP contribution < -0.4 is 0 Å². The molecule has 0 amide bonds. The number of hydrogen-bond donors (Lipinski definition) is 1. The van der Waals surface area contributed by atoms with Crippen molar-refractivity contribution in [2.45, 2.75) is 65.3 Å². The van der Waals surface area contributed by atoms with Crippen LogP contribution in [0.4, 0.5) is 0 Å². The molecule has 0 spiro atoms. The Morgan fingerprint density at radius 1 is 1.47 bits per heavy atom. The van der Waals surface area contributed by atoms with Crippen LogP contribution in [0, 0.1) is 5.92 Å². The maximum Gasteiger partial charge on any atom is 0.0988 e. The Hall–Kier alpha value is -0.340. The molecule has 0 radical (unpaired) electrons. The second-order valence-corrected chi connectivity index (χ2v) is 4.72. The molecule has 1 aliphatic carbocycles. The number of ether oxygens (including phenoxy) is 1. The third kappa shape index (κ3) is 3.32. The fourth-order valence-electron chi connectivity index (χ4n) is 2.33. The molecule has 3 atom stereocenters. The molecule has 15 heavy (non-hydrogen) atoms. The topological polar surface area (TPSA) is 29.5 Å². The van der Waals surface area contributed by atoms with Gasteiger partial charge in [0.25, 0.3) is 0 Å². The smallest absolute Gasteiger partial charge is 0.0988 e. The highest BCUT2D eigenvalue weighted by atomic mass is 16.5. The maximum atomic E-state index is 9.95. The van der Waals surface area contributed by atoms with Crippen LogP contribution in [0.2, 0.25) is 0 Å². The van der Waals surface area contributed by atoms with Crippen LogP contribution in [0.1, 0.15) is 47.0 Å². The van der Waals surface area contributed by atoms with Gasteiger partial charge >= 0.3 is 0 Å². The molecule has 1 rings (SSSR count). The van der Waals surface area contributed by atoms with Crippen molar-refractivity contribution >= 4 is 0 Å². The zero-order valence-corrected chi connectivity index (χ0v) is 10.4. The van der Waals surface area contributed by atoms with E-state index in [1.807, 2.05) is 6.08 Å². The summed E-state index contributed by atoms with van der Waals surface area (Å²) in [5, 5.41) is 9.95. The van der Waals surface area contributed by atoms with Gasteiger partial charge in [-0.15, -0.1) is 0 Å². The number of aliphatic hydroxyl groups excluding tert-OH is 1. The highest BCUT2D eigenvalue weighted by Crippen LogP contribution is 2.28. The van der Waals surface area contributed by atoms with E-state index in [1.165, 1.54) is 5.57 Å². The molecule has 0 bridgehead atoms. The van der Waals surface area contributed by atoms with Gasteiger partial charge < -0.3 is 9.84 Å². The third-order valence-corrected chi connectivity index (χ3v) is 3.26. The first kappa shape index (κ1) is 12.7. The summed E-state index contributed by atoms with van der Waals surface area (Å²) in [5.74, 6) is 0.422. The molecule has 2 heteroatoms. The Morgan fingerprint density at radius 3 is 2.53 bits per heavy atom. The summed E-state index contributed by atoms with van der Waals surface area (Å²) in [7, 11) is 0. The van der Waals surface area contributed by atoms with Crippen LogP contribution in [0.15, 0.2) is 11.6 Å². The van der Waals surface area contributed by atoms with Gasteiger partial charge in [0, 0.05) is 0 Å². The van der Waals surface area contributed by atoms with Crippen LogP contribution in [0.3, 0.4) is 0 Å². The lowest BCUT2D eigenvalue weighted by molar-refractivity contribution is -0.0926. The number of aliphatic hydroxyl groups is 1. The van der Waals surface area contributed by atoms with Gasteiger partial charge in [-0.1, -0.05) is 32.4 Å². The van der Waals surface area contributed by atoms with Crippen molar-refractivity contribution in [2.24, 2.45) is 5.92 Å². The van der Waals surface area contributed by atoms with Crippen LogP contribution in [-0.2, 0) is 4.74 Å². The van der Waals surface area contributed by atoms with Gasteiger partial charge in [-0.25, -0.2) is 0 Å². The van der Waals surface area contributed by atoms with Crippen LogP contribution in [0.5, 0.6) is 0 Å². The van der Waals surface area contributed by atoms with E-state index in [-0.39, 0.29) is 6.10 Å². The molecule has 0 aromatic rings. The molecule has 0 aromatic carbocycles. The predicted molar refractivity (Wildman–Crippen MR) is 62.8 cm³/mol. The molecule has 0 aromatic heterocycles. The molecular formula is C13H24O2. The van der Waals surface area contributed by atoms with Gasteiger partial charge in [0.2, 0.25) is 0 Å². The van der Waals surface area contributed by atoms with E-state index < -0.39 is 6.10 Å². The molecule has 0 aliphatic heterocycles. The standard InChI is InChI=1S/C13H24O2/c1-5-11(6-2)15-13-10(4)7-9(3)8-12(13)14/h8,10-14H,5-7H2,1-4H3/t10-,12-,13+/m1/s1. The first-order chi connectivity index (χ1) is 7.08. The van der Waals surface area contributed by atoms with Gasteiger partial charge in [0.15, 0.2) is 0 Å². The zero-order valence-electron chi connectivity index (χ0n) is 10.4. The van der Waals surface area contributed by atoms with Gasteiger partial charge in [-0.05, 0) is 32.1 Å². The van der Waals surface area contributed by atoms with E-state index in [4.69, 9.17) is 4.74 Å². The van der Waals surface area contributed by atoms with Crippen LogP contribution in [0.25, 0.3) is 0 Å². The molecule has 0 unspecified atom stereocenters. The lowest BCUT2D eigenvalue weighted by Crippen LogP contribution is -2.39. The lowest BCUT2D eigenvalue weighted by atomic mass is 9.86. The monoisotopic (exact) mass is 212 g/mol. The van der Waals surface area contributed by atoms with Crippen molar-refractivity contribution < 1.29 is 9.84 Å². The highest BCUT2D eigenvalue weighted by Gasteiger charge is 2.30. The van der Waals surface area contributed by atoms with Crippen molar-refractivity contribution in [3.63, 3.8) is 0 Å². The summed E-state index contributed by atoms with van der Waals surface area (Å²) in [6, 6.07) is 0. The minimum atomic E-state index is -0.422. The first-order valence-electron chi connectivity index (χ1n) is 6.09. The molecule has 88 valence electrons. The minimum Gasteiger partial charge on any atom is -0.386 e. The summed E-state index contributed by atoms with van der Waals surface area (Å²) in [6.45, 7) is 8.50. The summed E-state index contributed by atoms with van der Waals surface area (Å²) in [5.41, 5.74) is 1.28. The number of hydrogen-bond acceptors (Lipinski definition) is 2. The van der Waals surface area contributed by atoms with Crippen LogP contribution >= 0.6 is 0 Å². The normalized spacial score (nSPS) is 31.9. The molecular weight excluding hydrogens is 188 g/mol. The summed E-state index contributed by atoms with van der Waals surface area (Å²) >= 11 is 0. The fourth-order valence-corrected chi connectivity index (χ4v) is 2.33. The molecule has 0 fully saturated rings. The molecule has 1 N–H and O–H groups in total. The van der Waals surface area contributed by atoms with Crippen molar-refractivity contribution in [3.05, 3.63) is 11.6 Å². The molecule has 0 saturated carbocycles. The number of allylic oxidation sites excluding steroid dienone is 1. The van der Waals surface area contributed by atoms with E-state index >= 15 is 0 Å². The molecule has 1 aliphatic rings. The largest absolute Gasteiger partial charge is 0.386 e. The van der Waals surface area contributed by atoms with Crippen molar-refractivity contribution in [2.75, 3.05) is 0 Å². The lowest BCUT2D eigenvalue weighted by Gasteiger charge is -2.34. The quantitative estimate of drug-likeness (QED) is 0.726. The molecule has 0 heterocycles. The first-order valence-corrected chi connectivity index (χ1v) is 6.09. The van der Waals surface area contributed by atoms with E-state index in [0.717, 1.165) is 19.3 Å². The Labute approximate surface area is 93.3 Å². The average Bonchev–Trinajstić information content (AvgIpc) is 2.17. The summed E-state index contributed by atoms with van der Waals surface area (Å²) in [4.78, 5) is 0. The van der Waals surface area contributed by atoms with Crippen molar-refractivity contribution in [3.8, 4) is 0 Å². The Balaban J connectivity index is 2.60. The van der Waals surface area contributed by atoms with Gasteiger partial charge in [0.1, 0.15) is 0 Å². The summed E-state index contributed by atoms with van der Waals surface area (Å²) < 4.78 is 5.97. The van der Waals surface area contributed by atoms with E-state index in [0.29, 0.717) is 12.0 Å². The number of rotatable bonds is 4. The predicted octanol–water partition coefficient (Wildman–Crippen LogP) is 2.91. The average molecular weight is 212 g/mol. The van der Waals surface area contributed by atoms with E-state index in [9.17, 15) is 5.11 Å². The van der Waals surface area contributed by atoms with Crippen molar-refractivity contribution in [1.82, 2.24) is 0 Å². The second-order valence-electron chi connectivity index (χ2n) is 4.72. The Morgan fingerprint density at radius 2 is 2.07 bits per heavy atom. The van der Waals surface area contributed by atoms with E-state index in [1.54, 1.807) is 0 Å². The highest BCUT2D eigenvalue weighted by molar-refractivity contribution is 5.10. The van der Waals surface area contributed by atoms with E-state index in [2.05, 4.69) is 27.7 Å². The van der Waals surface area contributed by atoms with Crippen LogP contribution in [-0.4, -0.2) is 23.4 Å². The van der Waals surface area contributed by atoms with Gasteiger partial charge in [-0.3, -0.25) is 0 Å². The Kier molecular flexibility index (Phi) is 4.81. The SMILES string of the molecule is CCC(CC)O[C@@H]1[C@H](O)C=C(C)C[C@H]1C. The minimum absolute atomic E-state index is 0.0152. The maximum absolute atomic E-state index is 9.95. The summed E-state index contributed by atoms with van der Waals surface area (Å²) in [6.07, 6.45) is 4.88. The molecule has 0 saturated heterocycles. The fraction of sp³-hybridized carbons (Fsp3) is 0.846. The molecule has 2 nitrogen and oxygen atoms in total. The Bertz CT molecular complexity index is 219. The van der Waals surface area contributed by atoms with Gasteiger partial charge in [-0.2, -0.15) is 0 Å². The third-order valence-electron chi connectivity index (χ3n) is 3.26.